The first-order valence-corrected chi connectivity index (χ1v) is 9.57. The fourth-order valence-corrected chi connectivity index (χ4v) is 4.06. The third kappa shape index (κ3) is 3.06. The van der Waals surface area contributed by atoms with Crippen LogP contribution in [0.5, 0.6) is 0 Å². The van der Waals surface area contributed by atoms with Gasteiger partial charge in [-0.1, -0.05) is 13.0 Å². The molecule has 0 fully saturated rings. The Balaban J connectivity index is 1.65. The second kappa shape index (κ2) is 6.82. The van der Waals surface area contributed by atoms with E-state index in [9.17, 15) is 4.79 Å². The highest BCUT2D eigenvalue weighted by atomic mass is 16.2. The second-order valence-electron chi connectivity index (χ2n) is 7.73. The monoisotopic (exact) mass is 378 g/mol. The summed E-state index contributed by atoms with van der Waals surface area (Å²) in [6.07, 6.45) is 4.49. The number of amides is 1. The molecule has 0 aliphatic carbocycles. The van der Waals surface area contributed by atoms with Gasteiger partial charge >= 0.3 is 0 Å². The van der Waals surface area contributed by atoms with Crippen LogP contribution in [0.2, 0.25) is 0 Å². The molecule has 0 radical (unpaired) electrons. The minimum atomic E-state index is 0.0223. The highest BCUT2D eigenvalue weighted by Crippen LogP contribution is 2.39. The van der Waals surface area contributed by atoms with Crippen LogP contribution in [0.1, 0.15) is 31.7 Å². The van der Waals surface area contributed by atoms with Crippen LogP contribution in [-0.4, -0.2) is 46.1 Å². The van der Waals surface area contributed by atoms with Gasteiger partial charge in [-0.3, -0.25) is 14.9 Å². The van der Waals surface area contributed by atoms with Gasteiger partial charge in [0.25, 0.3) is 0 Å². The SMILES string of the molecule is CC(=O)N1CCC(N)=C(C(=N)N2C[C@@H](C)c3cc(-c4cnn(C)c4)ccc32)C1. The van der Waals surface area contributed by atoms with Crippen molar-refractivity contribution in [3.63, 3.8) is 0 Å². The lowest BCUT2D eigenvalue weighted by atomic mass is 9.99. The van der Waals surface area contributed by atoms with E-state index in [-0.39, 0.29) is 5.91 Å². The maximum Gasteiger partial charge on any atom is 0.219 e. The van der Waals surface area contributed by atoms with Gasteiger partial charge in [0.2, 0.25) is 5.91 Å². The van der Waals surface area contributed by atoms with E-state index >= 15 is 0 Å². The van der Waals surface area contributed by atoms with Gasteiger partial charge in [0, 0.05) is 68.1 Å². The van der Waals surface area contributed by atoms with Crippen molar-refractivity contribution in [3.8, 4) is 11.1 Å². The van der Waals surface area contributed by atoms with Crippen molar-refractivity contribution >= 4 is 17.4 Å². The molecule has 3 heterocycles. The zero-order chi connectivity index (χ0) is 20.0. The van der Waals surface area contributed by atoms with E-state index in [1.54, 1.807) is 16.5 Å². The van der Waals surface area contributed by atoms with E-state index in [1.807, 2.05) is 24.3 Å². The van der Waals surface area contributed by atoms with E-state index in [2.05, 4.69) is 30.2 Å². The molecule has 2 aliphatic rings. The fraction of sp³-hybridized carbons (Fsp3) is 0.381. The number of hydrogen-bond acceptors (Lipinski definition) is 4. The van der Waals surface area contributed by atoms with Crippen LogP contribution in [0.4, 0.5) is 5.69 Å². The molecular formula is C21H26N6O. The summed E-state index contributed by atoms with van der Waals surface area (Å²) in [5.41, 5.74) is 12.2. The molecule has 7 nitrogen and oxygen atoms in total. The first-order valence-electron chi connectivity index (χ1n) is 9.57. The lowest BCUT2D eigenvalue weighted by molar-refractivity contribution is -0.128. The summed E-state index contributed by atoms with van der Waals surface area (Å²) in [6, 6.07) is 6.36. The summed E-state index contributed by atoms with van der Waals surface area (Å²) >= 11 is 0. The Bertz CT molecular complexity index is 989. The number of nitrogens with two attached hydrogens (primary N) is 1. The summed E-state index contributed by atoms with van der Waals surface area (Å²) < 4.78 is 1.80. The van der Waals surface area contributed by atoms with Crippen LogP contribution in [0, 0.1) is 5.41 Å². The van der Waals surface area contributed by atoms with Crippen LogP contribution in [0.15, 0.2) is 41.9 Å². The first kappa shape index (κ1) is 18.3. The molecule has 2 aliphatic heterocycles. The van der Waals surface area contributed by atoms with Gasteiger partial charge < -0.3 is 15.5 Å². The van der Waals surface area contributed by atoms with Crippen molar-refractivity contribution in [2.75, 3.05) is 24.5 Å². The lowest BCUT2D eigenvalue weighted by Crippen LogP contribution is -2.42. The number of rotatable bonds is 2. The third-order valence-electron chi connectivity index (χ3n) is 5.73. The Morgan fingerprint density at radius 3 is 2.79 bits per heavy atom. The summed E-state index contributed by atoms with van der Waals surface area (Å²) in [7, 11) is 1.91. The van der Waals surface area contributed by atoms with Crippen LogP contribution < -0.4 is 10.6 Å². The van der Waals surface area contributed by atoms with E-state index in [4.69, 9.17) is 11.1 Å². The number of benzene rings is 1. The van der Waals surface area contributed by atoms with Gasteiger partial charge in [-0.2, -0.15) is 5.10 Å². The van der Waals surface area contributed by atoms with Gasteiger partial charge in [-0.25, -0.2) is 0 Å². The van der Waals surface area contributed by atoms with Crippen molar-refractivity contribution in [1.29, 1.82) is 5.41 Å². The Morgan fingerprint density at radius 1 is 1.32 bits per heavy atom. The second-order valence-corrected chi connectivity index (χ2v) is 7.73. The van der Waals surface area contributed by atoms with Crippen molar-refractivity contribution in [1.82, 2.24) is 14.7 Å². The highest BCUT2D eigenvalue weighted by molar-refractivity contribution is 6.10. The molecule has 0 spiro atoms. The highest BCUT2D eigenvalue weighted by Gasteiger charge is 2.32. The molecule has 0 unspecified atom stereocenters. The van der Waals surface area contributed by atoms with E-state index in [1.165, 1.54) is 5.56 Å². The molecule has 4 rings (SSSR count). The smallest absolute Gasteiger partial charge is 0.219 e. The normalized spacial score (nSPS) is 19.2. The maximum atomic E-state index is 11.8. The van der Waals surface area contributed by atoms with E-state index < -0.39 is 0 Å². The number of aryl methyl sites for hydroxylation is 1. The van der Waals surface area contributed by atoms with Crippen LogP contribution >= 0.6 is 0 Å². The Morgan fingerprint density at radius 2 is 2.11 bits per heavy atom. The number of hydrogen-bond donors (Lipinski definition) is 2. The fourth-order valence-electron chi connectivity index (χ4n) is 4.06. The average molecular weight is 378 g/mol. The molecule has 7 heteroatoms. The van der Waals surface area contributed by atoms with Crippen molar-refractivity contribution in [2.24, 2.45) is 12.8 Å². The molecule has 1 amide bonds. The minimum absolute atomic E-state index is 0.0223. The number of carbonyl (C=O) groups is 1. The van der Waals surface area contributed by atoms with E-state index in [0.29, 0.717) is 31.3 Å². The summed E-state index contributed by atoms with van der Waals surface area (Å²) in [5.74, 6) is 0.735. The number of anilines is 1. The quantitative estimate of drug-likeness (QED) is 0.620. The number of fused-ring (bicyclic) bond motifs is 1. The Kier molecular flexibility index (Phi) is 4.45. The zero-order valence-corrected chi connectivity index (χ0v) is 16.6. The average Bonchev–Trinajstić information content (AvgIpc) is 3.25. The largest absolute Gasteiger partial charge is 0.402 e. The molecule has 0 bridgehead atoms. The third-order valence-corrected chi connectivity index (χ3v) is 5.73. The Hall–Kier alpha value is -3.09. The van der Waals surface area contributed by atoms with Crippen LogP contribution in [-0.2, 0) is 11.8 Å². The lowest BCUT2D eigenvalue weighted by Gasteiger charge is -2.32. The maximum absolute atomic E-state index is 11.8. The topological polar surface area (TPSA) is 91.2 Å². The Labute approximate surface area is 164 Å². The first-order chi connectivity index (χ1) is 13.3. The van der Waals surface area contributed by atoms with E-state index in [0.717, 1.165) is 34.6 Å². The summed E-state index contributed by atoms with van der Waals surface area (Å²) in [6.45, 7) is 5.52. The van der Waals surface area contributed by atoms with Gasteiger partial charge in [0.1, 0.15) is 5.84 Å². The van der Waals surface area contributed by atoms with Gasteiger partial charge in [0.05, 0.1) is 12.7 Å². The molecule has 28 heavy (non-hydrogen) atoms. The minimum Gasteiger partial charge on any atom is -0.402 e. The number of nitrogens with one attached hydrogen (secondary N) is 1. The van der Waals surface area contributed by atoms with Crippen LogP contribution in [0.3, 0.4) is 0 Å². The molecule has 0 saturated heterocycles. The van der Waals surface area contributed by atoms with Gasteiger partial charge in [-0.05, 0) is 23.3 Å². The summed E-state index contributed by atoms with van der Waals surface area (Å²) in [5, 5.41) is 13.1. The molecule has 3 N–H and O–H groups in total. The van der Waals surface area contributed by atoms with Gasteiger partial charge in [0.15, 0.2) is 0 Å². The van der Waals surface area contributed by atoms with Crippen molar-refractivity contribution in [3.05, 3.63) is 47.4 Å². The van der Waals surface area contributed by atoms with Crippen LogP contribution in [0.25, 0.3) is 11.1 Å². The predicted molar refractivity (Wildman–Crippen MR) is 110 cm³/mol. The molecule has 1 aromatic carbocycles. The molecule has 1 atom stereocenters. The van der Waals surface area contributed by atoms with Crippen molar-refractivity contribution < 1.29 is 4.79 Å². The zero-order valence-electron chi connectivity index (χ0n) is 16.6. The summed E-state index contributed by atoms with van der Waals surface area (Å²) in [4.78, 5) is 15.6. The molecule has 1 aromatic heterocycles. The van der Waals surface area contributed by atoms with Crippen molar-refractivity contribution in [2.45, 2.75) is 26.2 Å². The number of amidine groups is 1. The number of carbonyl (C=O) groups excluding carboxylic acids is 1. The van der Waals surface area contributed by atoms with Gasteiger partial charge in [-0.15, -0.1) is 0 Å². The predicted octanol–water partition coefficient (Wildman–Crippen LogP) is 2.45. The molecule has 0 saturated carbocycles. The molecular weight excluding hydrogens is 352 g/mol. The molecule has 2 aromatic rings. The number of nitrogens with zero attached hydrogens (tertiary/aromatic N) is 4. The number of aromatic nitrogens is 2. The molecule has 146 valence electrons. The standard InChI is InChI=1S/C21H26N6O/c1-13-10-27(21(23)18-12-26(14(2)28)7-6-19(18)22)20-5-4-15(8-17(13)20)16-9-24-25(3)11-16/h4-5,8-9,11,13,23H,6-7,10,12,22H2,1-3H3/t13-/m1/s1.